The maximum absolute atomic E-state index is 13.4. The number of fused-ring (bicyclic) bond motifs is 1. The van der Waals surface area contributed by atoms with Crippen LogP contribution in [0.15, 0.2) is 18.2 Å². The molecule has 0 unspecified atom stereocenters. The van der Waals surface area contributed by atoms with E-state index in [1.807, 2.05) is 4.57 Å². The third-order valence-corrected chi connectivity index (χ3v) is 3.03. The second-order valence-electron chi connectivity index (χ2n) is 4.12. The van der Waals surface area contributed by atoms with E-state index in [0.29, 0.717) is 6.54 Å². The molecule has 0 amide bonds. The van der Waals surface area contributed by atoms with E-state index in [4.69, 9.17) is 4.74 Å². The van der Waals surface area contributed by atoms with Gasteiger partial charge in [0.2, 0.25) is 0 Å². The molecule has 0 radical (unpaired) electrons. The zero-order chi connectivity index (χ0) is 12.5. The third-order valence-electron chi connectivity index (χ3n) is 3.03. The number of methoxy groups -OCH3 is 1. The van der Waals surface area contributed by atoms with E-state index < -0.39 is 0 Å². The summed E-state index contributed by atoms with van der Waals surface area (Å²) in [4.78, 5) is 0. The molecular formula is C12H13FN4O. The van der Waals surface area contributed by atoms with Crippen LogP contribution in [0.1, 0.15) is 5.82 Å². The first-order valence-electron chi connectivity index (χ1n) is 5.76. The highest BCUT2D eigenvalue weighted by molar-refractivity contribution is 5.58. The number of benzene rings is 1. The van der Waals surface area contributed by atoms with Gasteiger partial charge in [-0.2, -0.15) is 0 Å². The molecule has 0 fully saturated rings. The van der Waals surface area contributed by atoms with Crippen LogP contribution in [0.25, 0.3) is 11.4 Å². The number of aromatic nitrogens is 3. The molecule has 1 aliphatic heterocycles. The van der Waals surface area contributed by atoms with E-state index in [1.165, 1.54) is 13.2 Å². The number of rotatable bonds is 2. The molecular weight excluding hydrogens is 235 g/mol. The van der Waals surface area contributed by atoms with Gasteiger partial charge in [-0.3, -0.25) is 0 Å². The van der Waals surface area contributed by atoms with Crippen molar-refractivity contribution in [1.29, 1.82) is 0 Å². The lowest BCUT2D eigenvalue weighted by Gasteiger charge is -2.16. The van der Waals surface area contributed by atoms with Crippen molar-refractivity contribution in [3.8, 4) is 17.1 Å². The molecule has 5 nitrogen and oxygen atoms in total. The Morgan fingerprint density at radius 2 is 2.28 bits per heavy atom. The molecule has 0 aliphatic carbocycles. The van der Waals surface area contributed by atoms with Gasteiger partial charge in [-0.1, -0.05) is 0 Å². The normalized spacial score (nSPS) is 14.3. The lowest BCUT2D eigenvalue weighted by atomic mass is 10.2. The van der Waals surface area contributed by atoms with E-state index in [9.17, 15) is 4.39 Å². The molecule has 0 atom stereocenters. The average Bonchev–Trinajstić information content (AvgIpc) is 2.83. The van der Waals surface area contributed by atoms with Crippen LogP contribution in [0, 0.1) is 5.82 Å². The molecule has 94 valence electrons. The number of nitrogens with zero attached hydrogens (tertiary/aromatic N) is 3. The van der Waals surface area contributed by atoms with Crippen LogP contribution in [0.3, 0.4) is 0 Å². The highest BCUT2D eigenvalue weighted by atomic mass is 19.1. The third kappa shape index (κ3) is 1.74. The minimum absolute atomic E-state index is 0.221. The first-order valence-corrected chi connectivity index (χ1v) is 5.76. The summed E-state index contributed by atoms with van der Waals surface area (Å²) in [5.74, 6) is 1.50. The highest BCUT2D eigenvalue weighted by Crippen LogP contribution is 2.26. The summed E-state index contributed by atoms with van der Waals surface area (Å²) in [5, 5.41) is 11.5. The van der Waals surface area contributed by atoms with Crippen molar-refractivity contribution in [1.82, 2.24) is 20.1 Å². The van der Waals surface area contributed by atoms with Crippen LogP contribution < -0.4 is 10.1 Å². The van der Waals surface area contributed by atoms with E-state index >= 15 is 0 Å². The Bertz CT molecular complexity index is 581. The molecule has 3 rings (SSSR count). The Morgan fingerprint density at radius 1 is 1.39 bits per heavy atom. The van der Waals surface area contributed by atoms with Gasteiger partial charge >= 0.3 is 0 Å². The predicted molar refractivity (Wildman–Crippen MR) is 63.7 cm³/mol. The summed E-state index contributed by atoms with van der Waals surface area (Å²) in [5.41, 5.74) is 0.814. The van der Waals surface area contributed by atoms with Crippen LogP contribution in [0.2, 0.25) is 0 Å². The monoisotopic (exact) mass is 248 g/mol. The number of halogens is 1. The second-order valence-corrected chi connectivity index (χ2v) is 4.12. The van der Waals surface area contributed by atoms with Gasteiger partial charge in [-0.05, 0) is 18.2 Å². The van der Waals surface area contributed by atoms with E-state index in [1.54, 1.807) is 12.1 Å². The molecule has 1 aromatic heterocycles. The molecule has 1 aromatic carbocycles. The summed E-state index contributed by atoms with van der Waals surface area (Å²) in [6, 6.07) is 4.72. The SMILES string of the molecule is COc1cc(-c2nnc3n2CCNC3)ccc1F. The maximum atomic E-state index is 13.4. The van der Waals surface area contributed by atoms with Gasteiger partial charge in [-0.25, -0.2) is 4.39 Å². The Morgan fingerprint density at radius 3 is 3.11 bits per heavy atom. The van der Waals surface area contributed by atoms with Crippen molar-refractivity contribution in [3.05, 3.63) is 29.8 Å². The minimum atomic E-state index is -0.374. The summed E-state index contributed by atoms with van der Waals surface area (Å²) in [6.45, 7) is 2.42. The molecule has 2 aromatic rings. The summed E-state index contributed by atoms with van der Waals surface area (Å²) in [6.07, 6.45) is 0. The van der Waals surface area contributed by atoms with Crippen molar-refractivity contribution >= 4 is 0 Å². The van der Waals surface area contributed by atoms with E-state index in [-0.39, 0.29) is 11.6 Å². The Balaban J connectivity index is 2.07. The lowest BCUT2D eigenvalue weighted by molar-refractivity contribution is 0.386. The van der Waals surface area contributed by atoms with Gasteiger partial charge in [-0.15, -0.1) is 10.2 Å². The molecule has 2 heterocycles. The van der Waals surface area contributed by atoms with Crippen LogP contribution in [0.4, 0.5) is 4.39 Å². The maximum Gasteiger partial charge on any atom is 0.165 e. The first kappa shape index (κ1) is 11.2. The standard InChI is InChI=1S/C12H13FN4O/c1-18-10-6-8(2-3-9(10)13)12-16-15-11-7-14-4-5-17(11)12/h2-3,6,14H,4-5,7H2,1H3. The summed E-state index contributed by atoms with van der Waals surface area (Å²) < 4.78 is 20.4. The average molecular weight is 248 g/mol. The van der Waals surface area contributed by atoms with Gasteiger partial charge in [0.15, 0.2) is 17.4 Å². The second kappa shape index (κ2) is 4.38. The van der Waals surface area contributed by atoms with Gasteiger partial charge in [0, 0.05) is 18.7 Å². The minimum Gasteiger partial charge on any atom is -0.494 e. The quantitative estimate of drug-likeness (QED) is 0.867. The Hall–Kier alpha value is -1.95. The molecule has 1 N–H and O–H groups in total. The zero-order valence-corrected chi connectivity index (χ0v) is 9.98. The fraction of sp³-hybridized carbons (Fsp3) is 0.333. The number of hydrogen-bond donors (Lipinski definition) is 1. The van der Waals surface area contributed by atoms with Crippen LogP contribution in [-0.2, 0) is 13.1 Å². The van der Waals surface area contributed by atoms with Crippen LogP contribution in [-0.4, -0.2) is 28.4 Å². The molecule has 0 spiro atoms. The smallest absolute Gasteiger partial charge is 0.165 e. The Kier molecular flexibility index (Phi) is 2.71. The van der Waals surface area contributed by atoms with Gasteiger partial charge < -0.3 is 14.6 Å². The molecule has 1 aliphatic rings. The topological polar surface area (TPSA) is 52.0 Å². The van der Waals surface area contributed by atoms with Gasteiger partial charge in [0.05, 0.1) is 13.7 Å². The first-order chi connectivity index (χ1) is 8.79. The fourth-order valence-electron chi connectivity index (χ4n) is 2.10. The summed E-state index contributed by atoms with van der Waals surface area (Å²) in [7, 11) is 1.45. The number of hydrogen-bond acceptors (Lipinski definition) is 4. The number of ether oxygens (including phenoxy) is 1. The largest absolute Gasteiger partial charge is 0.494 e. The molecule has 0 saturated heterocycles. The van der Waals surface area contributed by atoms with E-state index in [0.717, 1.165) is 30.3 Å². The summed E-state index contributed by atoms with van der Waals surface area (Å²) >= 11 is 0. The fourth-order valence-corrected chi connectivity index (χ4v) is 2.10. The van der Waals surface area contributed by atoms with Crippen molar-refractivity contribution in [2.24, 2.45) is 0 Å². The molecule has 0 saturated carbocycles. The number of nitrogens with one attached hydrogen (secondary N) is 1. The van der Waals surface area contributed by atoms with Gasteiger partial charge in [0.25, 0.3) is 0 Å². The lowest BCUT2D eigenvalue weighted by Crippen LogP contribution is -2.28. The highest BCUT2D eigenvalue weighted by Gasteiger charge is 2.17. The zero-order valence-electron chi connectivity index (χ0n) is 9.98. The van der Waals surface area contributed by atoms with Crippen LogP contribution >= 0.6 is 0 Å². The Labute approximate surface area is 104 Å². The predicted octanol–water partition coefficient (Wildman–Crippen LogP) is 1.20. The van der Waals surface area contributed by atoms with E-state index in [2.05, 4.69) is 15.5 Å². The van der Waals surface area contributed by atoms with Crippen molar-refractivity contribution in [2.75, 3.05) is 13.7 Å². The van der Waals surface area contributed by atoms with Crippen LogP contribution in [0.5, 0.6) is 5.75 Å². The van der Waals surface area contributed by atoms with Crippen molar-refractivity contribution < 1.29 is 9.13 Å². The van der Waals surface area contributed by atoms with Crippen molar-refractivity contribution in [3.63, 3.8) is 0 Å². The van der Waals surface area contributed by atoms with Gasteiger partial charge in [0.1, 0.15) is 5.82 Å². The molecule has 0 bridgehead atoms. The molecule has 18 heavy (non-hydrogen) atoms. The van der Waals surface area contributed by atoms with Crippen molar-refractivity contribution in [2.45, 2.75) is 13.1 Å². The molecule has 6 heteroatoms.